The van der Waals surface area contributed by atoms with E-state index in [2.05, 4.69) is 132 Å². The molecule has 0 amide bonds. The third kappa shape index (κ3) is 3.26. The highest BCUT2D eigenvalue weighted by molar-refractivity contribution is 7.17. The largest absolute Gasteiger partial charge is 0.316 e. The zero-order valence-electron chi connectivity index (χ0n) is 17.5. The number of hydrogen-bond donors (Lipinski definition) is 0. The first-order valence-corrected chi connectivity index (χ1v) is 11.6. The molecule has 32 heavy (non-hydrogen) atoms. The lowest BCUT2D eigenvalue weighted by atomic mass is 10.0. The molecule has 0 N–H and O–H groups in total. The monoisotopic (exact) mass is 427 g/mol. The summed E-state index contributed by atoms with van der Waals surface area (Å²) in [5.41, 5.74) is 6.25. The maximum absolute atomic E-state index is 2.31. The molecule has 6 rings (SSSR count). The van der Waals surface area contributed by atoms with Crippen molar-refractivity contribution in [2.45, 2.75) is 0 Å². The first kappa shape index (κ1) is 18.9. The number of hydrogen-bond acceptors (Lipinski definition) is 1. The van der Waals surface area contributed by atoms with Crippen LogP contribution in [-0.4, -0.2) is 4.57 Å². The van der Waals surface area contributed by atoms with Crippen LogP contribution < -0.4 is 0 Å². The molecular formula is C30H21NS. The van der Waals surface area contributed by atoms with Gasteiger partial charge in [0.05, 0.1) is 11.0 Å². The summed E-state index contributed by atoms with van der Waals surface area (Å²) in [6.07, 6.45) is 4.45. The minimum Gasteiger partial charge on any atom is -0.316 e. The predicted molar refractivity (Wildman–Crippen MR) is 140 cm³/mol. The lowest BCUT2D eigenvalue weighted by Crippen LogP contribution is -1.84. The summed E-state index contributed by atoms with van der Waals surface area (Å²) in [6.45, 7) is 0. The molecule has 152 valence electrons. The number of thiophene rings is 1. The molecule has 1 nitrogen and oxygen atoms in total. The zero-order valence-corrected chi connectivity index (χ0v) is 18.3. The molecule has 0 atom stereocenters. The zero-order chi connectivity index (χ0) is 21.3. The molecule has 0 saturated carbocycles. The van der Waals surface area contributed by atoms with Crippen molar-refractivity contribution in [3.63, 3.8) is 0 Å². The van der Waals surface area contributed by atoms with E-state index in [4.69, 9.17) is 0 Å². The normalized spacial score (nSPS) is 11.6. The van der Waals surface area contributed by atoms with Gasteiger partial charge in [-0.15, -0.1) is 11.3 Å². The lowest BCUT2D eigenvalue weighted by Gasteiger charge is -2.03. The number of aromatic nitrogens is 1. The molecule has 0 bridgehead atoms. The van der Waals surface area contributed by atoms with Crippen LogP contribution in [0.2, 0.25) is 0 Å². The summed E-state index contributed by atoms with van der Waals surface area (Å²) in [5.74, 6) is 0. The number of benzene rings is 4. The average molecular weight is 428 g/mol. The van der Waals surface area contributed by atoms with Crippen LogP contribution >= 0.6 is 11.3 Å². The second-order valence-electron chi connectivity index (χ2n) is 7.84. The van der Waals surface area contributed by atoms with Crippen molar-refractivity contribution in [3.05, 3.63) is 120 Å². The molecule has 0 unspecified atom stereocenters. The van der Waals surface area contributed by atoms with Gasteiger partial charge in [0.2, 0.25) is 0 Å². The maximum Gasteiger partial charge on any atom is 0.0534 e. The number of para-hydroxylation sites is 2. The van der Waals surface area contributed by atoms with Gasteiger partial charge in [0.15, 0.2) is 0 Å². The van der Waals surface area contributed by atoms with E-state index in [0.29, 0.717) is 0 Å². The van der Waals surface area contributed by atoms with Gasteiger partial charge < -0.3 is 4.57 Å². The smallest absolute Gasteiger partial charge is 0.0534 e. The summed E-state index contributed by atoms with van der Waals surface area (Å²) in [7, 11) is 0. The van der Waals surface area contributed by atoms with E-state index in [-0.39, 0.29) is 0 Å². The Bertz CT molecular complexity index is 1440. The molecule has 2 aromatic heterocycles. The molecule has 0 aliphatic carbocycles. The third-order valence-electron chi connectivity index (χ3n) is 5.88. The van der Waals surface area contributed by atoms with Gasteiger partial charge in [0.25, 0.3) is 0 Å². The third-order valence-corrected chi connectivity index (χ3v) is 7.03. The van der Waals surface area contributed by atoms with Gasteiger partial charge in [-0.25, -0.2) is 0 Å². The first-order valence-electron chi connectivity index (χ1n) is 10.8. The molecule has 0 radical (unpaired) electrons. The van der Waals surface area contributed by atoms with E-state index in [1.54, 1.807) is 0 Å². The molecular weight excluding hydrogens is 406 g/mol. The SMILES string of the molecule is C(=C\n1c2ccccc2c2ccccc21)/c1cc(-c2ccccc2)c(-c2ccccc2)s1. The fourth-order valence-corrected chi connectivity index (χ4v) is 5.47. The van der Waals surface area contributed by atoms with Crippen LogP contribution in [-0.2, 0) is 0 Å². The van der Waals surface area contributed by atoms with Crippen molar-refractivity contribution in [3.8, 4) is 21.6 Å². The number of nitrogens with zero attached hydrogens (tertiary/aromatic N) is 1. The summed E-state index contributed by atoms with van der Waals surface area (Å²) in [5, 5.41) is 2.57. The summed E-state index contributed by atoms with van der Waals surface area (Å²) in [4.78, 5) is 2.54. The Morgan fingerprint density at radius 3 is 1.72 bits per heavy atom. The second-order valence-corrected chi connectivity index (χ2v) is 8.93. The van der Waals surface area contributed by atoms with Gasteiger partial charge in [-0.3, -0.25) is 0 Å². The van der Waals surface area contributed by atoms with Gasteiger partial charge in [0, 0.05) is 32.3 Å². The minimum absolute atomic E-state index is 1.23. The van der Waals surface area contributed by atoms with E-state index in [1.807, 2.05) is 11.3 Å². The van der Waals surface area contributed by atoms with E-state index < -0.39 is 0 Å². The van der Waals surface area contributed by atoms with Crippen molar-refractivity contribution < 1.29 is 0 Å². The summed E-state index contributed by atoms with van der Waals surface area (Å²) >= 11 is 1.84. The molecule has 2 heterocycles. The van der Waals surface area contributed by atoms with Crippen LogP contribution in [0, 0.1) is 0 Å². The van der Waals surface area contributed by atoms with Crippen molar-refractivity contribution in [2.75, 3.05) is 0 Å². The van der Waals surface area contributed by atoms with Crippen molar-refractivity contribution >= 4 is 45.4 Å². The molecule has 0 fully saturated rings. The van der Waals surface area contributed by atoms with Gasteiger partial charge in [0.1, 0.15) is 0 Å². The van der Waals surface area contributed by atoms with E-state index in [9.17, 15) is 0 Å². The van der Waals surface area contributed by atoms with Crippen LogP contribution in [0.1, 0.15) is 4.88 Å². The van der Waals surface area contributed by atoms with E-state index >= 15 is 0 Å². The van der Waals surface area contributed by atoms with Gasteiger partial charge >= 0.3 is 0 Å². The Labute approximate surface area is 191 Å². The maximum atomic E-state index is 2.31. The average Bonchev–Trinajstić information content (AvgIpc) is 3.43. The second kappa shape index (κ2) is 7.99. The highest BCUT2D eigenvalue weighted by atomic mass is 32.1. The Kier molecular flexibility index (Phi) is 4.71. The molecule has 6 aromatic rings. The predicted octanol–water partition coefficient (Wildman–Crippen LogP) is 8.82. The van der Waals surface area contributed by atoms with Crippen molar-refractivity contribution in [1.29, 1.82) is 0 Å². The Balaban J connectivity index is 1.50. The molecule has 4 aromatic carbocycles. The first-order chi connectivity index (χ1) is 15.9. The Hall–Kier alpha value is -3.88. The van der Waals surface area contributed by atoms with E-state index in [1.165, 1.54) is 48.3 Å². The minimum atomic E-state index is 1.23. The fourth-order valence-electron chi connectivity index (χ4n) is 4.39. The summed E-state index contributed by atoms with van der Waals surface area (Å²) in [6, 6.07) is 40.9. The fraction of sp³-hybridized carbons (Fsp3) is 0. The number of fused-ring (bicyclic) bond motifs is 3. The topological polar surface area (TPSA) is 4.93 Å². The molecule has 0 aliphatic rings. The Morgan fingerprint density at radius 2 is 1.09 bits per heavy atom. The Morgan fingerprint density at radius 1 is 0.562 bits per heavy atom. The van der Waals surface area contributed by atoms with Crippen LogP contribution in [0.5, 0.6) is 0 Å². The van der Waals surface area contributed by atoms with Crippen LogP contribution in [0.4, 0.5) is 0 Å². The molecule has 0 aliphatic heterocycles. The molecule has 2 heteroatoms. The lowest BCUT2D eigenvalue weighted by molar-refractivity contribution is 1.30. The quantitative estimate of drug-likeness (QED) is 0.265. The van der Waals surface area contributed by atoms with Crippen LogP contribution in [0.15, 0.2) is 115 Å². The standard InChI is InChI=1S/C30H21NS/c1-3-11-22(12-4-1)27-21-24(32-30(27)23-13-5-2-6-14-23)19-20-31-28-17-9-7-15-25(28)26-16-8-10-18-29(26)31/h1-21H/b20-19+. The van der Waals surface area contributed by atoms with E-state index in [0.717, 1.165) is 0 Å². The van der Waals surface area contributed by atoms with Gasteiger partial charge in [-0.2, -0.15) is 0 Å². The van der Waals surface area contributed by atoms with Crippen molar-refractivity contribution in [1.82, 2.24) is 4.57 Å². The van der Waals surface area contributed by atoms with Gasteiger partial charge in [-0.1, -0.05) is 97.1 Å². The highest BCUT2D eigenvalue weighted by Gasteiger charge is 2.12. The van der Waals surface area contributed by atoms with Crippen LogP contribution in [0.25, 0.3) is 55.6 Å². The highest BCUT2D eigenvalue weighted by Crippen LogP contribution is 2.40. The van der Waals surface area contributed by atoms with Crippen LogP contribution in [0.3, 0.4) is 0 Å². The van der Waals surface area contributed by atoms with Gasteiger partial charge in [-0.05, 0) is 35.4 Å². The molecule has 0 spiro atoms. The van der Waals surface area contributed by atoms with Crippen molar-refractivity contribution in [2.24, 2.45) is 0 Å². The summed E-state index contributed by atoms with van der Waals surface area (Å²) < 4.78 is 2.30. The number of rotatable bonds is 4. The molecule has 0 saturated heterocycles.